The highest BCUT2D eigenvalue weighted by Gasteiger charge is 2.49. The maximum atomic E-state index is 13.8. The van der Waals surface area contributed by atoms with Gasteiger partial charge in [-0.05, 0) is 67.5 Å². The lowest BCUT2D eigenvalue weighted by molar-refractivity contribution is -0.143. The summed E-state index contributed by atoms with van der Waals surface area (Å²) >= 11 is 0. The summed E-state index contributed by atoms with van der Waals surface area (Å²) in [6.07, 6.45) is 5.22. The molecule has 2 aromatic heterocycles. The number of nitrogens with one attached hydrogen (secondary N) is 2. The van der Waals surface area contributed by atoms with Crippen LogP contribution in [0.3, 0.4) is 0 Å². The van der Waals surface area contributed by atoms with E-state index in [0.29, 0.717) is 6.42 Å². The van der Waals surface area contributed by atoms with Crippen LogP contribution in [0.4, 0.5) is 5.69 Å². The minimum absolute atomic E-state index is 0.0894. The Bertz CT molecular complexity index is 1460. The molecule has 178 valence electrons. The molecule has 2 N–H and O–H groups in total. The number of aromatic nitrogens is 3. The normalized spacial score (nSPS) is 17.0. The van der Waals surface area contributed by atoms with E-state index in [1.165, 1.54) is 18.2 Å². The summed E-state index contributed by atoms with van der Waals surface area (Å²) in [6, 6.07) is 13.2. The Morgan fingerprint density at radius 2 is 1.97 bits per heavy atom. The number of fused-ring (bicyclic) bond motifs is 6. The number of H-pyrrole nitrogens is 2. The van der Waals surface area contributed by atoms with Gasteiger partial charge in [0.15, 0.2) is 0 Å². The van der Waals surface area contributed by atoms with Crippen molar-refractivity contribution in [1.29, 1.82) is 0 Å². The van der Waals surface area contributed by atoms with Gasteiger partial charge in [-0.2, -0.15) is 5.10 Å². The summed E-state index contributed by atoms with van der Waals surface area (Å²) in [5.41, 5.74) is 7.45. The van der Waals surface area contributed by atoms with E-state index in [0.717, 1.165) is 58.4 Å². The molecule has 1 atom stereocenters. The largest absolute Gasteiger partial charge is 0.467 e. The highest BCUT2D eigenvalue weighted by atomic mass is 16.5. The molecule has 0 radical (unpaired) electrons. The molecule has 7 nitrogen and oxygen atoms in total. The number of ether oxygens (including phenoxy) is 1. The van der Waals surface area contributed by atoms with Crippen LogP contribution in [0.25, 0.3) is 22.3 Å². The number of amides is 1. The predicted octanol–water partition coefficient (Wildman–Crippen LogP) is 4.46. The molecule has 1 aliphatic carbocycles. The number of hydrogen-bond acceptors (Lipinski definition) is 4. The average Bonchev–Trinajstić information content (AvgIpc) is 3.48. The molecular formula is C28H28N4O3. The monoisotopic (exact) mass is 468 g/mol. The van der Waals surface area contributed by atoms with Crippen LogP contribution in [-0.4, -0.2) is 40.2 Å². The molecule has 0 unspecified atom stereocenters. The van der Waals surface area contributed by atoms with Crippen LogP contribution < -0.4 is 4.90 Å². The molecule has 0 fully saturated rings. The van der Waals surface area contributed by atoms with Crippen molar-refractivity contribution >= 4 is 28.5 Å². The fourth-order valence-electron chi connectivity index (χ4n) is 5.72. The number of anilines is 1. The van der Waals surface area contributed by atoms with Crippen LogP contribution in [0.1, 0.15) is 42.5 Å². The number of carbonyl (C=O) groups excluding carboxylic acids is 2. The zero-order chi connectivity index (χ0) is 24.3. The van der Waals surface area contributed by atoms with Crippen molar-refractivity contribution in [3.8, 4) is 11.4 Å². The van der Waals surface area contributed by atoms with E-state index in [2.05, 4.69) is 27.3 Å². The van der Waals surface area contributed by atoms with Crippen molar-refractivity contribution in [2.24, 2.45) is 0 Å². The fourth-order valence-corrected chi connectivity index (χ4v) is 5.72. The fraction of sp³-hybridized carbons (Fsp3) is 0.321. The van der Waals surface area contributed by atoms with Gasteiger partial charge in [0, 0.05) is 23.0 Å². The Morgan fingerprint density at radius 3 is 2.74 bits per heavy atom. The van der Waals surface area contributed by atoms with Crippen molar-refractivity contribution in [2.45, 2.75) is 51.0 Å². The number of rotatable bonds is 4. The van der Waals surface area contributed by atoms with Gasteiger partial charge in [0.1, 0.15) is 6.04 Å². The lowest BCUT2D eigenvalue weighted by Crippen LogP contribution is -2.48. The summed E-state index contributed by atoms with van der Waals surface area (Å²) in [5, 5.41) is 8.51. The Morgan fingerprint density at radius 1 is 1.17 bits per heavy atom. The SMILES string of the molecule is COC(=O)[C@H](Cc1ccccc1)N1C(=O)C(C)(C)c2cc3[nH]c4c(c3cc21)CCCc1cn[nH]c1-4. The van der Waals surface area contributed by atoms with Crippen molar-refractivity contribution < 1.29 is 14.3 Å². The van der Waals surface area contributed by atoms with Crippen LogP contribution in [0.2, 0.25) is 0 Å². The number of aromatic amines is 2. The Labute approximate surface area is 203 Å². The van der Waals surface area contributed by atoms with Crippen LogP contribution >= 0.6 is 0 Å². The van der Waals surface area contributed by atoms with Crippen molar-refractivity contribution in [3.63, 3.8) is 0 Å². The average molecular weight is 469 g/mol. The first-order chi connectivity index (χ1) is 16.9. The third kappa shape index (κ3) is 3.21. The number of aryl methyl sites for hydroxylation is 2. The molecule has 2 aliphatic rings. The van der Waals surface area contributed by atoms with E-state index in [1.54, 1.807) is 4.90 Å². The van der Waals surface area contributed by atoms with Gasteiger partial charge in [0.25, 0.3) is 0 Å². The molecule has 4 aromatic rings. The minimum Gasteiger partial charge on any atom is -0.467 e. The number of carbonyl (C=O) groups is 2. The lowest BCUT2D eigenvalue weighted by atomic mass is 9.85. The Balaban J connectivity index is 1.53. The topological polar surface area (TPSA) is 91.1 Å². The first-order valence-electron chi connectivity index (χ1n) is 12.1. The van der Waals surface area contributed by atoms with Gasteiger partial charge in [-0.3, -0.25) is 14.8 Å². The molecule has 0 saturated heterocycles. The molecule has 3 heterocycles. The van der Waals surface area contributed by atoms with E-state index in [9.17, 15) is 9.59 Å². The van der Waals surface area contributed by atoms with E-state index in [1.807, 2.05) is 50.4 Å². The molecule has 1 aliphatic heterocycles. The van der Waals surface area contributed by atoms with Crippen molar-refractivity contribution in [2.75, 3.05) is 12.0 Å². The molecule has 6 rings (SSSR count). The van der Waals surface area contributed by atoms with Gasteiger partial charge in [-0.15, -0.1) is 0 Å². The lowest BCUT2D eigenvalue weighted by Gasteiger charge is -2.28. The molecule has 0 spiro atoms. The van der Waals surface area contributed by atoms with Gasteiger partial charge in [0.05, 0.1) is 30.1 Å². The van der Waals surface area contributed by atoms with E-state index >= 15 is 0 Å². The molecule has 2 aromatic carbocycles. The smallest absolute Gasteiger partial charge is 0.329 e. The van der Waals surface area contributed by atoms with E-state index < -0.39 is 17.4 Å². The third-order valence-electron chi connectivity index (χ3n) is 7.61. The zero-order valence-corrected chi connectivity index (χ0v) is 20.1. The zero-order valence-electron chi connectivity index (χ0n) is 20.1. The maximum Gasteiger partial charge on any atom is 0.329 e. The van der Waals surface area contributed by atoms with Gasteiger partial charge in [-0.1, -0.05) is 30.3 Å². The van der Waals surface area contributed by atoms with Crippen LogP contribution in [0.15, 0.2) is 48.7 Å². The van der Waals surface area contributed by atoms with E-state index in [4.69, 9.17) is 4.74 Å². The number of nitrogens with zero attached hydrogens (tertiary/aromatic N) is 2. The number of hydrogen-bond donors (Lipinski definition) is 2. The maximum absolute atomic E-state index is 13.8. The molecular weight excluding hydrogens is 440 g/mol. The van der Waals surface area contributed by atoms with E-state index in [-0.39, 0.29) is 5.91 Å². The second kappa shape index (κ2) is 7.83. The second-order valence-electron chi connectivity index (χ2n) is 10.0. The van der Waals surface area contributed by atoms with Gasteiger partial charge < -0.3 is 9.72 Å². The van der Waals surface area contributed by atoms with Crippen molar-refractivity contribution in [1.82, 2.24) is 15.2 Å². The quantitative estimate of drug-likeness (QED) is 0.433. The van der Waals surface area contributed by atoms with Gasteiger partial charge >= 0.3 is 5.97 Å². The molecule has 0 saturated carbocycles. The first-order valence-corrected chi connectivity index (χ1v) is 12.1. The number of methoxy groups -OCH3 is 1. The summed E-state index contributed by atoms with van der Waals surface area (Å²) in [4.78, 5) is 32.1. The minimum atomic E-state index is -0.770. The summed E-state index contributed by atoms with van der Waals surface area (Å²) in [5.74, 6) is -0.505. The second-order valence-corrected chi connectivity index (χ2v) is 10.0. The molecule has 35 heavy (non-hydrogen) atoms. The van der Waals surface area contributed by atoms with Gasteiger partial charge in [-0.25, -0.2) is 4.79 Å². The molecule has 7 heteroatoms. The van der Waals surface area contributed by atoms with Gasteiger partial charge in [0.2, 0.25) is 5.91 Å². The van der Waals surface area contributed by atoms with Crippen LogP contribution in [0, 0.1) is 0 Å². The predicted molar refractivity (Wildman–Crippen MR) is 134 cm³/mol. The molecule has 0 bridgehead atoms. The van der Waals surface area contributed by atoms with Crippen LogP contribution in [0.5, 0.6) is 0 Å². The van der Waals surface area contributed by atoms with Crippen LogP contribution in [-0.2, 0) is 39.0 Å². The first kappa shape index (κ1) is 21.6. The Hall–Kier alpha value is -3.87. The summed E-state index contributed by atoms with van der Waals surface area (Å²) in [6.45, 7) is 3.86. The summed E-state index contributed by atoms with van der Waals surface area (Å²) in [7, 11) is 1.38. The third-order valence-corrected chi connectivity index (χ3v) is 7.61. The standard InChI is InChI=1S/C28H28N4O3/c1-28(2)20-14-21-19(18-11-7-10-17-15-29-31-24(17)25(18)30-21)13-22(20)32(27(28)34)23(26(33)35-3)12-16-8-5-4-6-9-16/h4-6,8-9,13-15,23,30H,7,10-12H2,1-3H3,(H,29,31)/t23-/m0/s1. The highest BCUT2D eigenvalue weighted by molar-refractivity contribution is 6.13. The molecule has 1 amide bonds. The Kier molecular flexibility index (Phi) is 4.85. The number of benzene rings is 2. The highest BCUT2D eigenvalue weighted by Crippen LogP contribution is 2.47. The summed E-state index contributed by atoms with van der Waals surface area (Å²) < 4.78 is 5.19. The van der Waals surface area contributed by atoms with Crippen molar-refractivity contribution in [3.05, 3.63) is 70.9 Å². The number of esters is 1.